The van der Waals surface area contributed by atoms with Crippen LogP contribution in [0.25, 0.3) is 11.3 Å². The fourth-order valence-corrected chi connectivity index (χ4v) is 2.75. The van der Waals surface area contributed by atoms with Crippen molar-refractivity contribution < 1.29 is 4.79 Å². The van der Waals surface area contributed by atoms with Gasteiger partial charge in [-0.05, 0) is 39.2 Å². The van der Waals surface area contributed by atoms with E-state index in [4.69, 9.17) is 0 Å². The van der Waals surface area contributed by atoms with Crippen molar-refractivity contribution >= 4 is 6.03 Å². The van der Waals surface area contributed by atoms with Crippen LogP contribution in [0.2, 0.25) is 0 Å². The SMILES string of the molecule is CCN(CC)C(=O)NCCCCCn1nc(-c2ccccc2)ccc1=O. The second kappa shape index (κ2) is 10.4. The molecular weight excluding hydrogens is 328 g/mol. The summed E-state index contributed by atoms with van der Waals surface area (Å²) < 4.78 is 1.52. The third kappa shape index (κ3) is 5.72. The van der Waals surface area contributed by atoms with E-state index in [9.17, 15) is 9.59 Å². The summed E-state index contributed by atoms with van der Waals surface area (Å²) in [6.45, 7) is 6.61. The molecule has 0 spiro atoms. The summed E-state index contributed by atoms with van der Waals surface area (Å²) in [5, 5.41) is 7.39. The highest BCUT2D eigenvalue weighted by Crippen LogP contribution is 2.14. The van der Waals surface area contributed by atoms with Crippen LogP contribution in [-0.4, -0.2) is 40.3 Å². The molecule has 0 aliphatic carbocycles. The molecule has 0 unspecified atom stereocenters. The summed E-state index contributed by atoms with van der Waals surface area (Å²) in [7, 11) is 0. The lowest BCUT2D eigenvalue weighted by molar-refractivity contribution is 0.203. The number of nitrogens with one attached hydrogen (secondary N) is 1. The first-order chi connectivity index (χ1) is 12.7. The Hall–Kier alpha value is -2.63. The zero-order valence-corrected chi connectivity index (χ0v) is 15.6. The molecule has 2 rings (SSSR count). The third-order valence-corrected chi connectivity index (χ3v) is 4.31. The van der Waals surface area contributed by atoms with E-state index in [1.165, 1.54) is 4.68 Å². The molecule has 0 saturated carbocycles. The average Bonchev–Trinajstić information content (AvgIpc) is 2.67. The van der Waals surface area contributed by atoms with Crippen LogP contribution in [0.1, 0.15) is 33.1 Å². The lowest BCUT2D eigenvalue weighted by Crippen LogP contribution is -2.40. The number of rotatable bonds is 9. The van der Waals surface area contributed by atoms with Crippen molar-refractivity contribution in [1.29, 1.82) is 0 Å². The average molecular weight is 356 g/mol. The summed E-state index contributed by atoms with van der Waals surface area (Å²) in [4.78, 5) is 25.6. The third-order valence-electron chi connectivity index (χ3n) is 4.31. The monoisotopic (exact) mass is 356 g/mol. The maximum atomic E-state index is 12.0. The van der Waals surface area contributed by atoms with Gasteiger partial charge in [-0.15, -0.1) is 0 Å². The smallest absolute Gasteiger partial charge is 0.317 e. The lowest BCUT2D eigenvalue weighted by Gasteiger charge is -2.19. The van der Waals surface area contributed by atoms with Gasteiger partial charge in [0.15, 0.2) is 0 Å². The topological polar surface area (TPSA) is 67.2 Å². The van der Waals surface area contributed by atoms with Crippen LogP contribution in [0.4, 0.5) is 4.79 Å². The number of urea groups is 1. The highest BCUT2D eigenvalue weighted by molar-refractivity contribution is 5.73. The number of hydrogen-bond donors (Lipinski definition) is 1. The van der Waals surface area contributed by atoms with Crippen molar-refractivity contribution in [1.82, 2.24) is 20.0 Å². The van der Waals surface area contributed by atoms with Gasteiger partial charge in [0, 0.05) is 37.8 Å². The molecule has 6 heteroatoms. The van der Waals surface area contributed by atoms with Gasteiger partial charge in [-0.3, -0.25) is 4.79 Å². The molecule has 2 amide bonds. The van der Waals surface area contributed by atoms with Gasteiger partial charge in [-0.25, -0.2) is 9.48 Å². The highest BCUT2D eigenvalue weighted by Gasteiger charge is 2.07. The van der Waals surface area contributed by atoms with Gasteiger partial charge in [0.25, 0.3) is 5.56 Å². The van der Waals surface area contributed by atoms with Gasteiger partial charge in [-0.2, -0.15) is 5.10 Å². The number of amides is 2. The summed E-state index contributed by atoms with van der Waals surface area (Å²) in [5.41, 5.74) is 1.72. The Labute approximate surface area is 154 Å². The van der Waals surface area contributed by atoms with Gasteiger partial charge >= 0.3 is 6.03 Å². The maximum Gasteiger partial charge on any atom is 0.317 e. The van der Waals surface area contributed by atoms with Crippen LogP contribution in [-0.2, 0) is 6.54 Å². The van der Waals surface area contributed by atoms with Gasteiger partial charge in [0.05, 0.1) is 5.69 Å². The van der Waals surface area contributed by atoms with E-state index in [2.05, 4.69) is 10.4 Å². The standard InChI is InChI=1S/C20H28N4O2/c1-3-23(4-2)20(26)21-15-9-6-10-16-24-19(25)14-13-18(22-24)17-11-7-5-8-12-17/h5,7-8,11-14H,3-4,6,9-10,15-16H2,1-2H3,(H,21,26). The van der Waals surface area contributed by atoms with Crippen molar-refractivity contribution in [2.75, 3.05) is 19.6 Å². The molecular formula is C20H28N4O2. The van der Waals surface area contributed by atoms with E-state index < -0.39 is 0 Å². The molecule has 0 aliphatic heterocycles. The van der Waals surface area contributed by atoms with Gasteiger partial charge in [0.2, 0.25) is 0 Å². The fraction of sp³-hybridized carbons (Fsp3) is 0.450. The Bertz CT molecular complexity index is 739. The minimum Gasteiger partial charge on any atom is -0.338 e. The van der Waals surface area contributed by atoms with Crippen LogP contribution in [0.5, 0.6) is 0 Å². The van der Waals surface area contributed by atoms with Crippen LogP contribution in [0.15, 0.2) is 47.3 Å². The number of carbonyl (C=O) groups excluding carboxylic acids is 1. The summed E-state index contributed by atoms with van der Waals surface area (Å²) in [5.74, 6) is 0. The van der Waals surface area contributed by atoms with E-state index in [-0.39, 0.29) is 11.6 Å². The first-order valence-corrected chi connectivity index (χ1v) is 9.32. The molecule has 0 radical (unpaired) electrons. The normalized spacial score (nSPS) is 10.5. The number of hydrogen-bond acceptors (Lipinski definition) is 3. The zero-order chi connectivity index (χ0) is 18.8. The van der Waals surface area contributed by atoms with Gasteiger partial charge in [0.1, 0.15) is 0 Å². The molecule has 1 aromatic carbocycles. The van der Waals surface area contributed by atoms with E-state index in [1.807, 2.05) is 44.2 Å². The quantitative estimate of drug-likeness (QED) is 0.702. The molecule has 1 aromatic heterocycles. The van der Waals surface area contributed by atoms with Crippen molar-refractivity contribution in [2.45, 2.75) is 39.7 Å². The molecule has 0 bridgehead atoms. The van der Waals surface area contributed by atoms with Crippen molar-refractivity contribution in [3.63, 3.8) is 0 Å². The predicted molar refractivity (Wildman–Crippen MR) is 104 cm³/mol. The molecule has 0 saturated heterocycles. The second-order valence-electron chi connectivity index (χ2n) is 6.11. The molecule has 1 heterocycles. The maximum absolute atomic E-state index is 12.0. The molecule has 1 N–H and O–H groups in total. The number of aryl methyl sites for hydroxylation is 1. The van der Waals surface area contributed by atoms with E-state index in [1.54, 1.807) is 17.0 Å². The van der Waals surface area contributed by atoms with E-state index in [0.29, 0.717) is 26.2 Å². The minimum absolute atomic E-state index is 0.0107. The first-order valence-electron chi connectivity index (χ1n) is 9.32. The van der Waals surface area contributed by atoms with Crippen LogP contribution in [0, 0.1) is 0 Å². The lowest BCUT2D eigenvalue weighted by atomic mass is 10.1. The molecule has 0 atom stereocenters. The van der Waals surface area contributed by atoms with Gasteiger partial charge in [-0.1, -0.05) is 30.3 Å². The molecule has 140 valence electrons. The predicted octanol–water partition coefficient (Wildman–Crippen LogP) is 3.13. The number of nitrogens with zero attached hydrogens (tertiary/aromatic N) is 3. The van der Waals surface area contributed by atoms with Crippen LogP contribution >= 0.6 is 0 Å². The Balaban J connectivity index is 1.78. The van der Waals surface area contributed by atoms with Crippen molar-refractivity contribution in [2.24, 2.45) is 0 Å². The Morgan fingerprint density at radius 3 is 2.46 bits per heavy atom. The minimum atomic E-state index is -0.0838. The van der Waals surface area contributed by atoms with Gasteiger partial charge < -0.3 is 10.2 Å². The summed E-state index contributed by atoms with van der Waals surface area (Å²) >= 11 is 0. The Morgan fingerprint density at radius 1 is 1.04 bits per heavy atom. The van der Waals surface area contributed by atoms with E-state index >= 15 is 0 Å². The van der Waals surface area contributed by atoms with Crippen molar-refractivity contribution in [3.8, 4) is 11.3 Å². The number of unbranched alkanes of at least 4 members (excludes halogenated alkanes) is 2. The Kier molecular flexibility index (Phi) is 7.86. The molecule has 26 heavy (non-hydrogen) atoms. The summed E-state index contributed by atoms with van der Waals surface area (Å²) in [6.07, 6.45) is 2.68. The van der Waals surface area contributed by atoms with E-state index in [0.717, 1.165) is 30.5 Å². The zero-order valence-electron chi connectivity index (χ0n) is 15.6. The first kappa shape index (κ1) is 19.7. The molecule has 0 aliphatic rings. The number of benzene rings is 1. The number of aromatic nitrogens is 2. The highest BCUT2D eigenvalue weighted by atomic mass is 16.2. The van der Waals surface area contributed by atoms with Crippen LogP contribution < -0.4 is 10.9 Å². The molecule has 0 fully saturated rings. The van der Waals surface area contributed by atoms with Crippen molar-refractivity contribution in [3.05, 3.63) is 52.8 Å². The molecule has 6 nitrogen and oxygen atoms in total. The fourth-order valence-electron chi connectivity index (χ4n) is 2.75. The number of carbonyl (C=O) groups is 1. The largest absolute Gasteiger partial charge is 0.338 e. The Morgan fingerprint density at radius 2 is 1.77 bits per heavy atom. The summed E-state index contributed by atoms with van der Waals surface area (Å²) in [6, 6.07) is 13.2. The van der Waals surface area contributed by atoms with Crippen LogP contribution in [0.3, 0.4) is 0 Å². The second-order valence-corrected chi connectivity index (χ2v) is 6.11. The molecule has 2 aromatic rings.